The summed E-state index contributed by atoms with van der Waals surface area (Å²) in [4.78, 5) is 12.5. The van der Waals surface area contributed by atoms with Crippen LogP contribution in [0.15, 0.2) is 36.4 Å². The fourth-order valence-corrected chi connectivity index (χ4v) is 3.39. The van der Waals surface area contributed by atoms with E-state index in [1.165, 1.54) is 12.1 Å². The van der Waals surface area contributed by atoms with Gasteiger partial charge in [-0.1, -0.05) is 12.1 Å². The summed E-state index contributed by atoms with van der Waals surface area (Å²) in [6, 6.07) is 10.2. The second kappa shape index (κ2) is 7.72. The van der Waals surface area contributed by atoms with Gasteiger partial charge in [0.2, 0.25) is 0 Å². The predicted molar refractivity (Wildman–Crippen MR) is 96.6 cm³/mol. The number of methoxy groups -OCH3 is 2. The lowest BCUT2D eigenvalue weighted by Crippen LogP contribution is -2.35. The van der Waals surface area contributed by atoms with Crippen LogP contribution in [0.2, 0.25) is 0 Å². The van der Waals surface area contributed by atoms with Crippen molar-refractivity contribution in [1.29, 1.82) is 0 Å². The first-order valence-corrected chi connectivity index (χ1v) is 8.41. The van der Waals surface area contributed by atoms with Crippen molar-refractivity contribution >= 4 is 5.69 Å². The summed E-state index contributed by atoms with van der Waals surface area (Å²) in [5.74, 6) is 1.41. The van der Waals surface area contributed by atoms with E-state index in [2.05, 4.69) is 4.90 Å². The Bertz CT molecular complexity index is 791. The van der Waals surface area contributed by atoms with E-state index in [1.807, 2.05) is 12.1 Å². The molecule has 3 rings (SSSR count). The number of rotatable bonds is 6. The first-order valence-electron chi connectivity index (χ1n) is 8.41. The topological polar surface area (TPSA) is 85.1 Å². The zero-order valence-corrected chi connectivity index (χ0v) is 14.8. The van der Waals surface area contributed by atoms with Crippen molar-refractivity contribution < 1.29 is 19.5 Å². The van der Waals surface area contributed by atoms with Crippen LogP contribution in [0.1, 0.15) is 22.8 Å². The second-order valence-corrected chi connectivity index (χ2v) is 6.29. The second-order valence-electron chi connectivity index (χ2n) is 6.29. The molecule has 1 unspecified atom stereocenters. The molecule has 1 aliphatic rings. The Kier molecular flexibility index (Phi) is 5.39. The van der Waals surface area contributed by atoms with Crippen molar-refractivity contribution in [1.82, 2.24) is 4.90 Å². The Morgan fingerprint density at radius 2 is 1.81 bits per heavy atom. The van der Waals surface area contributed by atoms with Gasteiger partial charge in [0.25, 0.3) is 5.69 Å². The highest BCUT2D eigenvalue weighted by Gasteiger charge is 2.29. The van der Waals surface area contributed by atoms with E-state index in [0.717, 1.165) is 35.4 Å². The number of aliphatic hydroxyl groups excluding tert-OH is 1. The Morgan fingerprint density at radius 3 is 2.42 bits per heavy atom. The van der Waals surface area contributed by atoms with E-state index in [0.29, 0.717) is 18.8 Å². The zero-order valence-electron chi connectivity index (χ0n) is 14.8. The van der Waals surface area contributed by atoms with Gasteiger partial charge in [0.05, 0.1) is 25.2 Å². The largest absolute Gasteiger partial charge is 0.496 e. The van der Waals surface area contributed by atoms with Crippen LogP contribution in [0.3, 0.4) is 0 Å². The number of ether oxygens (including phenoxy) is 2. The monoisotopic (exact) mass is 358 g/mol. The molecule has 0 bridgehead atoms. The molecule has 0 saturated carbocycles. The van der Waals surface area contributed by atoms with E-state index in [4.69, 9.17) is 9.47 Å². The molecule has 0 aromatic heterocycles. The third kappa shape index (κ3) is 3.63. The summed E-state index contributed by atoms with van der Waals surface area (Å²) >= 11 is 0. The molecular weight excluding hydrogens is 336 g/mol. The molecule has 2 aromatic carbocycles. The third-order valence-corrected chi connectivity index (χ3v) is 4.72. The summed E-state index contributed by atoms with van der Waals surface area (Å²) < 4.78 is 10.8. The molecule has 7 nitrogen and oxygen atoms in total. The summed E-state index contributed by atoms with van der Waals surface area (Å²) in [6.07, 6.45) is 0.0902. The summed E-state index contributed by atoms with van der Waals surface area (Å²) in [7, 11) is 3.21. The number of hydrogen-bond donors (Lipinski definition) is 1. The van der Waals surface area contributed by atoms with Gasteiger partial charge in [0.1, 0.15) is 11.5 Å². The molecule has 26 heavy (non-hydrogen) atoms. The lowest BCUT2D eigenvalue weighted by atomic mass is 9.95. The molecule has 7 heteroatoms. The van der Waals surface area contributed by atoms with Crippen LogP contribution in [-0.4, -0.2) is 42.2 Å². The number of aliphatic hydroxyl groups is 1. The number of nitro benzene ring substituents is 1. The van der Waals surface area contributed by atoms with Crippen LogP contribution < -0.4 is 9.47 Å². The summed E-state index contributed by atoms with van der Waals surface area (Å²) in [5.41, 5.74) is 2.84. The smallest absolute Gasteiger partial charge is 0.269 e. The number of nitro groups is 1. The third-order valence-electron chi connectivity index (χ3n) is 4.72. The molecule has 1 heterocycles. The normalized spacial score (nSPS) is 16.8. The molecule has 2 aromatic rings. The maximum Gasteiger partial charge on any atom is 0.269 e. The number of nitrogens with zero attached hydrogens (tertiary/aromatic N) is 2. The molecule has 1 atom stereocenters. The van der Waals surface area contributed by atoms with Crippen molar-refractivity contribution in [3.63, 3.8) is 0 Å². The van der Waals surface area contributed by atoms with Gasteiger partial charge in [-0.3, -0.25) is 15.0 Å². The summed E-state index contributed by atoms with van der Waals surface area (Å²) in [5, 5.41) is 21.3. The molecule has 0 spiro atoms. The van der Waals surface area contributed by atoms with Gasteiger partial charge in [0, 0.05) is 42.9 Å². The number of hydrogen-bond acceptors (Lipinski definition) is 6. The lowest BCUT2D eigenvalue weighted by Gasteiger charge is -2.34. The fourth-order valence-electron chi connectivity index (χ4n) is 3.39. The molecule has 0 aliphatic carbocycles. The molecule has 0 saturated heterocycles. The number of β-amino-alcohol motifs (C(OH)–C–C–N with tert-alkyl or cyclic N) is 1. The lowest BCUT2D eigenvalue weighted by molar-refractivity contribution is -0.384. The quantitative estimate of drug-likeness (QED) is 0.631. The molecule has 0 fully saturated rings. The number of non-ortho nitro benzene ring substituents is 1. The molecule has 0 radical (unpaired) electrons. The predicted octanol–water partition coefficient (Wildman–Crippen LogP) is 2.70. The molecule has 1 N–H and O–H groups in total. The fraction of sp³-hybridized carbons (Fsp3) is 0.368. The Morgan fingerprint density at radius 1 is 1.15 bits per heavy atom. The minimum absolute atomic E-state index is 0.0907. The van der Waals surface area contributed by atoms with Crippen LogP contribution >= 0.6 is 0 Å². The van der Waals surface area contributed by atoms with E-state index in [9.17, 15) is 15.2 Å². The van der Waals surface area contributed by atoms with Crippen LogP contribution in [0.25, 0.3) is 0 Å². The van der Waals surface area contributed by atoms with Crippen LogP contribution in [0.4, 0.5) is 5.69 Å². The van der Waals surface area contributed by atoms with E-state index in [-0.39, 0.29) is 5.69 Å². The van der Waals surface area contributed by atoms with Crippen molar-refractivity contribution in [2.45, 2.75) is 19.1 Å². The van der Waals surface area contributed by atoms with Gasteiger partial charge >= 0.3 is 0 Å². The average molecular weight is 358 g/mol. The highest BCUT2D eigenvalue weighted by atomic mass is 16.6. The van der Waals surface area contributed by atoms with Crippen molar-refractivity contribution in [2.75, 3.05) is 27.3 Å². The Hall–Kier alpha value is -2.64. The van der Waals surface area contributed by atoms with E-state index in [1.54, 1.807) is 26.4 Å². The highest BCUT2D eigenvalue weighted by molar-refractivity contribution is 5.51. The van der Waals surface area contributed by atoms with Crippen LogP contribution in [0, 0.1) is 10.1 Å². The van der Waals surface area contributed by atoms with Crippen molar-refractivity contribution in [3.05, 3.63) is 63.2 Å². The van der Waals surface area contributed by atoms with Crippen LogP contribution in [-0.2, 0) is 13.0 Å². The molecule has 1 aliphatic heterocycles. The van der Waals surface area contributed by atoms with E-state index >= 15 is 0 Å². The first kappa shape index (κ1) is 18.2. The van der Waals surface area contributed by atoms with Gasteiger partial charge in [-0.15, -0.1) is 0 Å². The van der Waals surface area contributed by atoms with Gasteiger partial charge in [-0.05, 0) is 24.1 Å². The maximum absolute atomic E-state index is 10.7. The SMILES string of the molecule is COc1ccc(OC)c2c1CN(CCc1ccc([N+](=O)[O-])cc1)CC2O. The standard InChI is InChI=1S/C19H22N2O5/c1-25-17-7-8-18(26-2)19-15(17)11-20(12-16(19)22)10-9-13-3-5-14(6-4-13)21(23)24/h3-8,16,22H,9-12H2,1-2H3. The first-order chi connectivity index (χ1) is 12.5. The molecule has 0 amide bonds. The average Bonchev–Trinajstić information content (AvgIpc) is 2.65. The number of fused-ring (bicyclic) bond motifs is 1. The number of benzene rings is 2. The van der Waals surface area contributed by atoms with Gasteiger partial charge < -0.3 is 14.6 Å². The molecule has 138 valence electrons. The van der Waals surface area contributed by atoms with Crippen molar-refractivity contribution in [3.8, 4) is 11.5 Å². The minimum atomic E-state index is -0.652. The van der Waals surface area contributed by atoms with E-state index < -0.39 is 11.0 Å². The van der Waals surface area contributed by atoms with Gasteiger partial charge in [-0.2, -0.15) is 0 Å². The minimum Gasteiger partial charge on any atom is -0.496 e. The Labute approximate surface area is 151 Å². The zero-order chi connectivity index (χ0) is 18.7. The van der Waals surface area contributed by atoms with Gasteiger partial charge in [-0.25, -0.2) is 0 Å². The molecular formula is C19H22N2O5. The van der Waals surface area contributed by atoms with Crippen molar-refractivity contribution in [2.24, 2.45) is 0 Å². The highest BCUT2D eigenvalue weighted by Crippen LogP contribution is 2.39. The summed E-state index contributed by atoms with van der Waals surface area (Å²) in [6.45, 7) is 1.89. The maximum atomic E-state index is 10.7. The van der Waals surface area contributed by atoms with Crippen LogP contribution in [0.5, 0.6) is 11.5 Å². The van der Waals surface area contributed by atoms with Gasteiger partial charge in [0.15, 0.2) is 0 Å². The Balaban J connectivity index is 1.73.